The van der Waals surface area contributed by atoms with Gasteiger partial charge in [0, 0.05) is 23.5 Å². The average molecular weight is 380 g/mol. The second-order valence-electron chi connectivity index (χ2n) is 8.65. The zero-order chi connectivity index (χ0) is 19.1. The van der Waals surface area contributed by atoms with Crippen LogP contribution < -0.4 is 16.2 Å². The lowest BCUT2D eigenvalue weighted by Gasteiger charge is -2.39. The summed E-state index contributed by atoms with van der Waals surface area (Å²) >= 11 is 0. The number of fused-ring (bicyclic) bond motifs is 2. The second kappa shape index (κ2) is 7.43. The molecule has 1 aromatic carbocycles. The number of benzene rings is 1. The van der Waals surface area contributed by atoms with E-state index in [1.807, 2.05) is 24.4 Å². The Kier molecular flexibility index (Phi) is 4.78. The number of carbonyl (C=O) groups is 1. The molecule has 4 unspecified atom stereocenters. The second-order valence-corrected chi connectivity index (χ2v) is 8.65. The van der Waals surface area contributed by atoms with Crippen LogP contribution >= 0.6 is 0 Å². The van der Waals surface area contributed by atoms with E-state index in [0.29, 0.717) is 12.0 Å². The van der Waals surface area contributed by atoms with Gasteiger partial charge >= 0.3 is 0 Å². The first-order chi connectivity index (χ1) is 13.7. The molecular weight excluding hydrogens is 352 g/mol. The number of hydrogen-bond donors (Lipinski definition) is 4. The van der Waals surface area contributed by atoms with Crippen LogP contribution in [-0.2, 0) is 4.79 Å². The minimum Gasteiger partial charge on any atom is -0.393 e. The summed E-state index contributed by atoms with van der Waals surface area (Å²) in [5, 5.41) is 14.2. The molecule has 4 N–H and O–H groups in total. The van der Waals surface area contributed by atoms with Gasteiger partial charge in [0.25, 0.3) is 0 Å². The van der Waals surface area contributed by atoms with Crippen molar-refractivity contribution in [1.29, 1.82) is 0 Å². The Bertz CT molecular complexity index is 866. The highest BCUT2D eigenvalue weighted by molar-refractivity contribution is 5.83. The van der Waals surface area contributed by atoms with Gasteiger partial charge in [-0.05, 0) is 49.3 Å². The molecule has 0 spiro atoms. The smallest absolute Gasteiger partial charge is 0.239 e. The number of aromatic nitrogens is 1. The van der Waals surface area contributed by atoms with Gasteiger partial charge in [-0.3, -0.25) is 15.2 Å². The molecule has 3 aliphatic rings. The lowest BCUT2D eigenvalue weighted by Crippen LogP contribution is -2.49. The van der Waals surface area contributed by atoms with Crippen LogP contribution in [-0.4, -0.2) is 34.2 Å². The molecule has 3 fully saturated rings. The van der Waals surface area contributed by atoms with Gasteiger partial charge in [0.1, 0.15) is 6.04 Å². The third-order valence-electron chi connectivity index (χ3n) is 6.84. The number of nitrogens with one attached hydrogen (secondary N) is 3. The number of aliphatic hydroxyl groups excluding tert-OH is 1. The molecule has 0 bridgehead atoms. The Morgan fingerprint density at radius 3 is 2.86 bits per heavy atom. The first-order valence-corrected chi connectivity index (χ1v) is 10.5. The summed E-state index contributed by atoms with van der Waals surface area (Å²) in [5.74, 6) is 0.663. The minimum absolute atomic E-state index is 0.0569. The van der Waals surface area contributed by atoms with Crippen LogP contribution in [0.3, 0.4) is 0 Å². The molecular formula is C22H28N4O2. The SMILES string of the molecule is O=C(NC(c1cnc2ccccc2c1)C1CC(O)C1)C1NNC2CCCCC21. The molecule has 1 aromatic heterocycles. The number of pyridine rings is 1. The van der Waals surface area contributed by atoms with E-state index >= 15 is 0 Å². The predicted octanol–water partition coefficient (Wildman–Crippen LogP) is 2.20. The number of hydrazine groups is 1. The normalized spacial score (nSPS) is 33.1. The topological polar surface area (TPSA) is 86.3 Å². The number of hydrogen-bond acceptors (Lipinski definition) is 5. The monoisotopic (exact) mass is 380 g/mol. The molecule has 5 rings (SSSR count). The standard InChI is InChI=1S/C22H28N4O2/c27-16-10-14(11-16)20(15-9-13-5-1-3-7-18(13)23-12-15)24-22(28)21-17-6-2-4-8-19(17)25-26-21/h1,3,5,7,9,12,14,16-17,19-21,25-27H,2,4,6,8,10-11H2,(H,24,28). The molecule has 148 valence electrons. The third-order valence-corrected chi connectivity index (χ3v) is 6.84. The van der Waals surface area contributed by atoms with Crippen molar-refractivity contribution in [2.24, 2.45) is 11.8 Å². The number of nitrogens with zero attached hydrogens (tertiary/aromatic N) is 1. The van der Waals surface area contributed by atoms with Crippen LogP contribution in [0.4, 0.5) is 0 Å². The number of para-hydroxylation sites is 1. The third kappa shape index (κ3) is 3.30. The molecule has 2 heterocycles. The maximum atomic E-state index is 13.2. The fourth-order valence-electron chi connectivity index (χ4n) is 5.18. The summed E-state index contributed by atoms with van der Waals surface area (Å²) in [6.07, 6.45) is 7.71. The first kappa shape index (κ1) is 18.0. The molecule has 6 nitrogen and oxygen atoms in total. The Balaban J connectivity index is 1.38. The summed E-state index contributed by atoms with van der Waals surface area (Å²) in [6, 6.07) is 10.3. The first-order valence-electron chi connectivity index (χ1n) is 10.5. The highest BCUT2D eigenvalue weighted by Crippen LogP contribution is 2.39. The molecule has 1 aliphatic heterocycles. The molecule has 4 atom stereocenters. The van der Waals surface area contributed by atoms with Gasteiger partial charge in [-0.2, -0.15) is 0 Å². The van der Waals surface area contributed by atoms with Crippen molar-refractivity contribution < 1.29 is 9.90 Å². The molecule has 2 aromatic rings. The van der Waals surface area contributed by atoms with Crippen molar-refractivity contribution >= 4 is 16.8 Å². The summed E-state index contributed by atoms with van der Waals surface area (Å²) in [5.41, 5.74) is 8.55. The van der Waals surface area contributed by atoms with Crippen molar-refractivity contribution in [2.75, 3.05) is 0 Å². The lowest BCUT2D eigenvalue weighted by molar-refractivity contribution is -0.126. The fourth-order valence-corrected chi connectivity index (χ4v) is 5.18. The van der Waals surface area contributed by atoms with E-state index in [-0.39, 0.29) is 30.0 Å². The van der Waals surface area contributed by atoms with E-state index in [4.69, 9.17) is 0 Å². The largest absolute Gasteiger partial charge is 0.393 e. The number of aliphatic hydroxyl groups is 1. The minimum atomic E-state index is -0.258. The van der Waals surface area contributed by atoms with Gasteiger partial charge in [-0.25, -0.2) is 5.43 Å². The Labute approximate surface area is 165 Å². The van der Waals surface area contributed by atoms with Crippen molar-refractivity contribution in [1.82, 2.24) is 21.2 Å². The van der Waals surface area contributed by atoms with Crippen molar-refractivity contribution in [3.8, 4) is 0 Å². The number of carbonyl (C=O) groups excluding carboxylic acids is 1. The van der Waals surface area contributed by atoms with Crippen LogP contribution in [0, 0.1) is 11.8 Å². The van der Waals surface area contributed by atoms with Gasteiger partial charge in [0.15, 0.2) is 0 Å². The summed E-state index contributed by atoms with van der Waals surface area (Å²) in [7, 11) is 0. The molecule has 1 saturated heterocycles. The summed E-state index contributed by atoms with van der Waals surface area (Å²) in [4.78, 5) is 17.8. The maximum Gasteiger partial charge on any atom is 0.239 e. The van der Waals surface area contributed by atoms with E-state index in [9.17, 15) is 9.90 Å². The molecule has 2 aliphatic carbocycles. The Morgan fingerprint density at radius 2 is 2.00 bits per heavy atom. The quantitative estimate of drug-likeness (QED) is 0.653. The van der Waals surface area contributed by atoms with Crippen molar-refractivity contribution in [3.63, 3.8) is 0 Å². The number of rotatable bonds is 4. The molecule has 6 heteroatoms. The van der Waals surface area contributed by atoms with Crippen LogP contribution in [0.25, 0.3) is 10.9 Å². The van der Waals surface area contributed by atoms with Crippen LogP contribution in [0.1, 0.15) is 50.1 Å². The zero-order valence-electron chi connectivity index (χ0n) is 16.0. The average Bonchev–Trinajstić information content (AvgIpc) is 3.14. The van der Waals surface area contributed by atoms with E-state index in [0.717, 1.165) is 42.1 Å². The Hall–Kier alpha value is -2.02. The fraction of sp³-hybridized carbons (Fsp3) is 0.545. The highest BCUT2D eigenvalue weighted by Gasteiger charge is 2.43. The maximum absolute atomic E-state index is 13.2. The van der Waals surface area contributed by atoms with Crippen molar-refractivity contribution in [2.45, 2.75) is 62.8 Å². The van der Waals surface area contributed by atoms with E-state index in [2.05, 4.69) is 33.3 Å². The van der Waals surface area contributed by atoms with Gasteiger partial charge in [-0.1, -0.05) is 31.0 Å². The van der Waals surface area contributed by atoms with Crippen LogP contribution in [0.2, 0.25) is 0 Å². The van der Waals surface area contributed by atoms with Gasteiger partial charge in [-0.15, -0.1) is 0 Å². The van der Waals surface area contributed by atoms with Gasteiger partial charge in [0.05, 0.1) is 17.7 Å². The van der Waals surface area contributed by atoms with E-state index < -0.39 is 0 Å². The molecule has 2 saturated carbocycles. The van der Waals surface area contributed by atoms with Gasteiger partial charge in [0.2, 0.25) is 5.91 Å². The lowest BCUT2D eigenvalue weighted by atomic mass is 9.75. The van der Waals surface area contributed by atoms with Crippen LogP contribution in [0.5, 0.6) is 0 Å². The van der Waals surface area contributed by atoms with Crippen LogP contribution in [0.15, 0.2) is 36.5 Å². The van der Waals surface area contributed by atoms with E-state index in [1.54, 1.807) is 0 Å². The zero-order valence-corrected chi connectivity index (χ0v) is 16.0. The Morgan fingerprint density at radius 1 is 1.18 bits per heavy atom. The van der Waals surface area contributed by atoms with E-state index in [1.165, 1.54) is 12.8 Å². The predicted molar refractivity (Wildman–Crippen MR) is 107 cm³/mol. The molecule has 0 radical (unpaired) electrons. The highest BCUT2D eigenvalue weighted by atomic mass is 16.3. The summed E-state index contributed by atoms with van der Waals surface area (Å²) in [6.45, 7) is 0. The summed E-state index contributed by atoms with van der Waals surface area (Å²) < 4.78 is 0. The van der Waals surface area contributed by atoms with Gasteiger partial charge < -0.3 is 10.4 Å². The number of amides is 1. The molecule has 28 heavy (non-hydrogen) atoms. The van der Waals surface area contributed by atoms with Crippen molar-refractivity contribution in [3.05, 3.63) is 42.1 Å². The molecule has 1 amide bonds.